The Kier molecular flexibility index (Phi) is 4.69. The molecule has 1 saturated carbocycles. The van der Waals surface area contributed by atoms with E-state index in [2.05, 4.69) is 5.32 Å². The summed E-state index contributed by atoms with van der Waals surface area (Å²) in [7, 11) is 1.56. The first-order chi connectivity index (χ1) is 12.8. The minimum absolute atomic E-state index is 0.104. The lowest BCUT2D eigenvalue weighted by Gasteiger charge is -2.42. The van der Waals surface area contributed by atoms with Crippen molar-refractivity contribution in [3.63, 3.8) is 0 Å². The third-order valence-corrected chi connectivity index (χ3v) is 5.26. The second-order valence-electron chi connectivity index (χ2n) is 6.80. The van der Waals surface area contributed by atoms with Crippen molar-refractivity contribution < 1.29 is 19.0 Å². The van der Waals surface area contributed by atoms with E-state index < -0.39 is 6.09 Å². The van der Waals surface area contributed by atoms with Crippen molar-refractivity contribution in [2.45, 2.75) is 37.8 Å². The minimum Gasteiger partial charge on any atom is -0.493 e. The summed E-state index contributed by atoms with van der Waals surface area (Å²) in [4.78, 5) is 12.6. The highest BCUT2D eigenvalue weighted by Crippen LogP contribution is 2.44. The van der Waals surface area contributed by atoms with Crippen LogP contribution in [0.25, 0.3) is 0 Å². The lowest BCUT2D eigenvalue weighted by Crippen LogP contribution is -2.46. The van der Waals surface area contributed by atoms with Crippen molar-refractivity contribution in [1.82, 2.24) is 5.32 Å². The van der Waals surface area contributed by atoms with Crippen molar-refractivity contribution in [1.29, 1.82) is 0 Å². The van der Waals surface area contributed by atoms with Gasteiger partial charge in [-0.05, 0) is 37.5 Å². The van der Waals surface area contributed by atoms with Gasteiger partial charge in [0.25, 0.3) is 0 Å². The first-order valence-electron chi connectivity index (χ1n) is 9.13. The van der Waals surface area contributed by atoms with E-state index in [0.717, 1.165) is 30.6 Å². The number of para-hydroxylation sites is 3. The van der Waals surface area contributed by atoms with Crippen LogP contribution in [0.4, 0.5) is 4.79 Å². The van der Waals surface area contributed by atoms with E-state index in [1.165, 1.54) is 6.42 Å². The maximum atomic E-state index is 12.6. The van der Waals surface area contributed by atoms with Crippen LogP contribution in [-0.2, 0) is 0 Å². The van der Waals surface area contributed by atoms with Gasteiger partial charge in [0.2, 0.25) is 0 Å². The van der Waals surface area contributed by atoms with Gasteiger partial charge < -0.3 is 19.5 Å². The first kappa shape index (κ1) is 16.8. The SMILES string of the molecule is COc1ccccc1OC(=O)N[C@@H]1c2ccccc2O[C@@H]2CCCC[C@H]12. The van der Waals surface area contributed by atoms with Gasteiger partial charge in [0.1, 0.15) is 11.9 Å². The highest BCUT2D eigenvalue weighted by molar-refractivity contribution is 5.72. The number of ether oxygens (including phenoxy) is 3. The average Bonchev–Trinajstić information content (AvgIpc) is 2.68. The van der Waals surface area contributed by atoms with Crippen LogP contribution in [0, 0.1) is 5.92 Å². The molecule has 1 fully saturated rings. The molecule has 5 heteroatoms. The molecule has 1 aliphatic carbocycles. The molecule has 1 heterocycles. The van der Waals surface area contributed by atoms with E-state index >= 15 is 0 Å². The Hall–Kier alpha value is -2.69. The Morgan fingerprint density at radius 1 is 1.04 bits per heavy atom. The summed E-state index contributed by atoms with van der Waals surface area (Å²) in [5, 5.41) is 3.08. The number of carbonyl (C=O) groups is 1. The standard InChI is InChI=1S/C21H23NO4/c1-24-18-12-6-7-13-19(18)26-21(23)22-20-14-8-2-4-10-16(14)25-17-11-5-3-9-15(17)20/h2,4,6-8,10,12-13,15,17,20H,3,5,9,11H2,1H3,(H,22,23)/t15-,17+,20+/m0/s1. The molecule has 0 saturated heterocycles. The Morgan fingerprint density at radius 3 is 2.62 bits per heavy atom. The smallest absolute Gasteiger partial charge is 0.413 e. The molecule has 4 rings (SSSR count). The molecule has 1 N–H and O–H groups in total. The Labute approximate surface area is 153 Å². The van der Waals surface area contributed by atoms with Crippen LogP contribution in [0.3, 0.4) is 0 Å². The van der Waals surface area contributed by atoms with Gasteiger partial charge in [0.15, 0.2) is 11.5 Å². The lowest BCUT2D eigenvalue weighted by atomic mass is 9.77. The van der Waals surface area contributed by atoms with E-state index in [-0.39, 0.29) is 18.1 Å². The van der Waals surface area contributed by atoms with Crippen LogP contribution < -0.4 is 19.5 Å². The molecule has 5 nitrogen and oxygen atoms in total. The molecule has 2 aromatic rings. The van der Waals surface area contributed by atoms with Crippen LogP contribution in [-0.4, -0.2) is 19.3 Å². The zero-order chi connectivity index (χ0) is 17.9. The highest BCUT2D eigenvalue weighted by atomic mass is 16.6. The molecule has 26 heavy (non-hydrogen) atoms. The Balaban J connectivity index is 1.56. The van der Waals surface area contributed by atoms with Crippen molar-refractivity contribution in [2.75, 3.05) is 7.11 Å². The summed E-state index contributed by atoms with van der Waals surface area (Å²) in [6.45, 7) is 0. The van der Waals surface area contributed by atoms with Crippen molar-refractivity contribution in [3.8, 4) is 17.2 Å². The predicted octanol–water partition coefficient (Wildman–Crippen LogP) is 4.48. The van der Waals surface area contributed by atoms with Gasteiger partial charge in [0.05, 0.1) is 13.2 Å². The normalized spacial score (nSPS) is 23.8. The topological polar surface area (TPSA) is 56.8 Å². The molecule has 0 radical (unpaired) electrons. The fraction of sp³-hybridized carbons (Fsp3) is 0.381. The van der Waals surface area contributed by atoms with E-state index in [4.69, 9.17) is 14.2 Å². The number of hydrogen-bond acceptors (Lipinski definition) is 4. The van der Waals surface area contributed by atoms with Gasteiger partial charge in [0, 0.05) is 11.5 Å². The predicted molar refractivity (Wildman–Crippen MR) is 97.7 cm³/mol. The number of rotatable bonds is 3. The zero-order valence-corrected chi connectivity index (χ0v) is 14.8. The van der Waals surface area contributed by atoms with Crippen molar-refractivity contribution in [3.05, 3.63) is 54.1 Å². The third kappa shape index (κ3) is 3.21. The van der Waals surface area contributed by atoms with Gasteiger partial charge >= 0.3 is 6.09 Å². The zero-order valence-electron chi connectivity index (χ0n) is 14.8. The third-order valence-electron chi connectivity index (χ3n) is 5.26. The summed E-state index contributed by atoms with van der Waals surface area (Å²) < 4.78 is 17.0. The summed E-state index contributed by atoms with van der Waals surface area (Å²) in [6, 6.07) is 15.0. The number of fused-ring (bicyclic) bond motifs is 2. The van der Waals surface area contributed by atoms with Gasteiger partial charge in [-0.1, -0.05) is 36.8 Å². The number of hydrogen-bond donors (Lipinski definition) is 1. The molecule has 0 aromatic heterocycles. The number of benzene rings is 2. The molecule has 136 valence electrons. The van der Waals surface area contributed by atoms with Gasteiger partial charge in [-0.3, -0.25) is 0 Å². The first-order valence-corrected chi connectivity index (χ1v) is 9.13. The molecule has 1 amide bonds. The largest absolute Gasteiger partial charge is 0.493 e. The van der Waals surface area contributed by atoms with Gasteiger partial charge in [-0.2, -0.15) is 0 Å². The minimum atomic E-state index is -0.472. The van der Waals surface area contributed by atoms with Crippen molar-refractivity contribution >= 4 is 6.09 Å². The molecule has 2 aliphatic rings. The maximum absolute atomic E-state index is 12.6. The van der Waals surface area contributed by atoms with E-state index in [9.17, 15) is 4.79 Å². The summed E-state index contributed by atoms with van der Waals surface area (Å²) >= 11 is 0. The Morgan fingerprint density at radius 2 is 1.77 bits per heavy atom. The van der Waals surface area contributed by atoms with Gasteiger partial charge in [-0.15, -0.1) is 0 Å². The monoisotopic (exact) mass is 353 g/mol. The van der Waals surface area contributed by atoms with Crippen LogP contribution in [0.1, 0.15) is 37.3 Å². The number of methoxy groups -OCH3 is 1. The summed E-state index contributed by atoms with van der Waals surface area (Å²) in [6.07, 6.45) is 4.07. The second kappa shape index (κ2) is 7.28. The molecular formula is C21H23NO4. The van der Waals surface area contributed by atoms with E-state index in [1.807, 2.05) is 36.4 Å². The lowest BCUT2D eigenvalue weighted by molar-refractivity contribution is 0.0474. The number of amides is 1. The highest BCUT2D eigenvalue weighted by Gasteiger charge is 2.40. The number of nitrogens with one attached hydrogen (secondary N) is 1. The molecule has 1 aliphatic heterocycles. The molecule has 3 atom stereocenters. The molecule has 2 aromatic carbocycles. The van der Waals surface area contributed by atoms with Crippen LogP contribution in [0.15, 0.2) is 48.5 Å². The Bertz CT molecular complexity index is 791. The molecule has 0 unspecified atom stereocenters. The van der Waals surface area contributed by atoms with Gasteiger partial charge in [-0.25, -0.2) is 4.79 Å². The summed E-state index contributed by atoms with van der Waals surface area (Å²) in [5.41, 5.74) is 1.02. The van der Waals surface area contributed by atoms with Crippen molar-refractivity contribution in [2.24, 2.45) is 5.92 Å². The fourth-order valence-electron chi connectivity index (χ4n) is 4.04. The summed E-state index contributed by atoms with van der Waals surface area (Å²) in [5.74, 6) is 2.07. The second-order valence-corrected chi connectivity index (χ2v) is 6.80. The van der Waals surface area contributed by atoms with Crippen LogP contribution in [0.2, 0.25) is 0 Å². The number of carbonyl (C=O) groups excluding carboxylic acids is 1. The van der Waals surface area contributed by atoms with Crippen LogP contribution in [0.5, 0.6) is 17.2 Å². The quantitative estimate of drug-likeness (QED) is 0.884. The van der Waals surface area contributed by atoms with E-state index in [1.54, 1.807) is 19.2 Å². The molecular weight excluding hydrogens is 330 g/mol. The van der Waals surface area contributed by atoms with Crippen LogP contribution >= 0.6 is 0 Å². The average molecular weight is 353 g/mol. The molecule has 0 spiro atoms. The van der Waals surface area contributed by atoms with E-state index in [0.29, 0.717) is 11.5 Å². The maximum Gasteiger partial charge on any atom is 0.413 e. The fourth-order valence-corrected chi connectivity index (χ4v) is 4.04. The molecule has 0 bridgehead atoms.